The highest BCUT2D eigenvalue weighted by Gasteiger charge is 2.44. The zero-order valence-corrected chi connectivity index (χ0v) is 16.4. The fourth-order valence-corrected chi connectivity index (χ4v) is 6.35. The molecular weight excluding hydrogens is 320 g/mol. The maximum Gasteiger partial charge on any atom is 0.536 e. The lowest BCUT2D eigenvalue weighted by Gasteiger charge is -2.29. The van der Waals surface area contributed by atoms with Gasteiger partial charge in [0.15, 0.2) is 0 Å². The molecule has 1 rings (SSSR count). The van der Waals surface area contributed by atoms with Gasteiger partial charge in [0.1, 0.15) is 0 Å². The standard InChI is InChI=1S/C14H26O6Si2/c1-12-13(11-21(15-2,16-3)17-4)9-8-10-14(12)22(18-5,19-6)20-7/h8-10H,11H2,1-7H3. The van der Waals surface area contributed by atoms with Gasteiger partial charge in [-0.2, -0.15) is 0 Å². The third-order valence-corrected chi connectivity index (χ3v) is 9.42. The largest absolute Gasteiger partial charge is 0.536 e. The van der Waals surface area contributed by atoms with E-state index in [1.54, 1.807) is 42.7 Å². The van der Waals surface area contributed by atoms with E-state index in [0.29, 0.717) is 6.04 Å². The molecule has 0 aliphatic heterocycles. The van der Waals surface area contributed by atoms with Gasteiger partial charge >= 0.3 is 17.6 Å². The molecule has 0 aliphatic carbocycles. The van der Waals surface area contributed by atoms with Crippen molar-refractivity contribution >= 4 is 22.8 Å². The summed E-state index contributed by atoms with van der Waals surface area (Å²) >= 11 is 0. The van der Waals surface area contributed by atoms with Crippen LogP contribution >= 0.6 is 0 Å². The first-order valence-electron chi connectivity index (χ1n) is 6.88. The summed E-state index contributed by atoms with van der Waals surface area (Å²) in [4.78, 5) is 0. The molecule has 0 bridgehead atoms. The average Bonchev–Trinajstić information content (AvgIpc) is 2.57. The molecule has 0 saturated heterocycles. The highest BCUT2D eigenvalue weighted by Crippen LogP contribution is 2.19. The third-order valence-electron chi connectivity index (χ3n) is 3.92. The van der Waals surface area contributed by atoms with Crippen molar-refractivity contribution in [2.45, 2.75) is 13.0 Å². The molecule has 0 radical (unpaired) electrons. The topological polar surface area (TPSA) is 55.4 Å². The second kappa shape index (κ2) is 8.32. The van der Waals surface area contributed by atoms with Crippen molar-refractivity contribution in [1.29, 1.82) is 0 Å². The second-order valence-corrected chi connectivity index (χ2v) is 10.6. The van der Waals surface area contributed by atoms with Crippen molar-refractivity contribution in [3.8, 4) is 0 Å². The summed E-state index contributed by atoms with van der Waals surface area (Å²) in [7, 11) is 4.04. The molecule has 0 N–H and O–H groups in total. The molecule has 1 aromatic carbocycles. The number of rotatable bonds is 9. The van der Waals surface area contributed by atoms with Crippen LogP contribution in [0.3, 0.4) is 0 Å². The third kappa shape index (κ3) is 3.66. The molecule has 126 valence electrons. The first kappa shape index (κ1) is 19.5. The van der Waals surface area contributed by atoms with Crippen LogP contribution in [0.5, 0.6) is 0 Å². The van der Waals surface area contributed by atoms with Gasteiger partial charge in [-0.05, 0) is 18.1 Å². The van der Waals surface area contributed by atoms with Crippen LogP contribution in [-0.2, 0) is 32.6 Å². The normalized spacial score (nSPS) is 12.7. The lowest BCUT2D eigenvalue weighted by Crippen LogP contribution is -2.56. The van der Waals surface area contributed by atoms with Crippen molar-refractivity contribution in [3.05, 3.63) is 29.3 Å². The van der Waals surface area contributed by atoms with E-state index in [-0.39, 0.29) is 0 Å². The van der Waals surface area contributed by atoms with Gasteiger partial charge in [-0.3, -0.25) is 0 Å². The van der Waals surface area contributed by atoms with Crippen molar-refractivity contribution in [3.63, 3.8) is 0 Å². The summed E-state index contributed by atoms with van der Waals surface area (Å²) in [5.74, 6) is 0. The average molecular weight is 347 g/mol. The summed E-state index contributed by atoms with van der Waals surface area (Å²) in [6.45, 7) is 2.02. The molecule has 0 saturated carbocycles. The smallest absolute Gasteiger partial charge is 0.377 e. The molecule has 0 fully saturated rings. The molecular formula is C14H26O6Si2. The summed E-state index contributed by atoms with van der Waals surface area (Å²) in [5, 5.41) is 0.934. The Morgan fingerprint density at radius 2 is 1.27 bits per heavy atom. The van der Waals surface area contributed by atoms with E-state index in [2.05, 4.69) is 0 Å². The second-order valence-electron chi connectivity index (χ2n) is 4.73. The molecule has 0 spiro atoms. The van der Waals surface area contributed by atoms with E-state index in [4.69, 9.17) is 26.6 Å². The quantitative estimate of drug-likeness (QED) is 0.623. The summed E-state index contributed by atoms with van der Waals surface area (Å²) in [5.41, 5.74) is 2.11. The van der Waals surface area contributed by atoms with Gasteiger partial charge in [-0.15, -0.1) is 0 Å². The maximum absolute atomic E-state index is 5.58. The molecule has 6 nitrogen and oxygen atoms in total. The zero-order valence-electron chi connectivity index (χ0n) is 14.4. The van der Waals surface area contributed by atoms with Crippen LogP contribution in [0.1, 0.15) is 11.1 Å². The molecule has 22 heavy (non-hydrogen) atoms. The van der Waals surface area contributed by atoms with Crippen LogP contribution in [-0.4, -0.2) is 60.3 Å². The molecule has 0 aliphatic rings. The van der Waals surface area contributed by atoms with Crippen LogP contribution < -0.4 is 5.19 Å². The van der Waals surface area contributed by atoms with E-state index >= 15 is 0 Å². The monoisotopic (exact) mass is 346 g/mol. The van der Waals surface area contributed by atoms with Gasteiger partial charge in [0, 0.05) is 53.9 Å². The van der Waals surface area contributed by atoms with Gasteiger partial charge in [0.2, 0.25) is 0 Å². The first-order chi connectivity index (χ1) is 10.5. The van der Waals surface area contributed by atoms with Gasteiger partial charge in [0.05, 0.1) is 0 Å². The Morgan fingerprint density at radius 1 is 0.773 bits per heavy atom. The first-order valence-corrected chi connectivity index (χ1v) is 10.5. The predicted molar refractivity (Wildman–Crippen MR) is 88.1 cm³/mol. The molecule has 1 aromatic rings. The Hall–Kier alpha value is -0.586. The van der Waals surface area contributed by atoms with Crippen molar-refractivity contribution in [1.82, 2.24) is 0 Å². The zero-order chi connectivity index (χ0) is 16.8. The SMILES string of the molecule is CO[Si](Cc1cccc([Si](OC)(OC)OC)c1C)(OC)OC. The predicted octanol–water partition coefficient (Wildman–Crippen LogP) is 1.04. The summed E-state index contributed by atoms with van der Waals surface area (Å²) in [6.07, 6.45) is 0. The molecule has 0 heterocycles. The molecule has 0 atom stereocenters. The number of hydrogen-bond donors (Lipinski definition) is 0. The van der Waals surface area contributed by atoms with Crippen molar-refractivity contribution in [2.75, 3.05) is 42.7 Å². The lowest BCUT2D eigenvalue weighted by atomic mass is 10.1. The summed E-state index contributed by atoms with van der Waals surface area (Å²) < 4.78 is 33.3. The van der Waals surface area contributed by atoms with E-state index in [1.807, 2.05) is 25.1 Å². The maximum atomic E-state index is 5.58. The Morgan fingerprint density at radius 3 is 1.68 bits per heavy atom. The minimum absolute atomic E-state index is 0.567. The van der Waals surface area contributed by atoms with Crippen LogP contribution in [0.2, 0.25) is 0 Å². The van der Waals surface area contributed by atoms with Gasteiger partial charge < -0.3 is 26.6 Å². The Kier molecular flexibility index (Phi) is 7.36. The highest BCUT2D eigenvalue weighted by atomic mass is 28.4. The van der Waals surface area contributed by atoms with Crippen LogP contribution in [0.4, 0.5) is 0 Å². The van der Waals surface area contributed by atoms with Crippen LogP contribution in [0, 0.1) is 6.92 Å². The minimum Gasteiger partial charge on any atom is -0.377 e. The van der Waals surface area contributed by atoms with E-state index in [0.717, 1.165) is 16.3 Å². The van der Waals surface area contributed by atoms with Crippen LogP contribution in [0.25, 0.3) is 0 Å². The van der Waals surface area contributed by atoms with E-state index in [1.165, 1.54) is 0 Å². The fraction of sp³-hybridized carbons (Fsp3) is 0.571. The Balaban J connectivity index is 3.29. The van der Waals surface area contributed by atoms with Crippen LogP contribution in [0.15, 0.2) is 18.2 Å². The Bertz CT molecular complexity index is 458. The molecule has 0 aromatic heterocycles. The Labute approximate surface area is 135 Å². The summed E-state index contributed by atoms with van der Waals surface area (Å²) in [6, 6.07) is 6.52. The van der Waals surface area contributed by atoms with Gasteiger partial charge in [0.25, 0.3) is 0 Å². The van der Waals surface area contributed by atoms with E-state index < -0.39 is 17.6 Å². The molecule has 0 unspecified atom stereocenters. The molecule has 8 heteroatoms. The van der Waals surface area contributed by atoms with Gasteiger partial charge in [-0.25, -0.2) is 0 Å². The number of hydrogen-bond acceptors (Lipinski definition) is 6. The highest BCUT2D eigenvalue weighted by molar-refractivity contribution is 6.75. The van der Waals surface area contributed by atoms with Crippen molar-refractivity contribution in [2.24, 2.45) is 0 Å². The van der Waals surface area contributed by atoms with Crippen molar-refractivity contribution < 1.29 is 26.6 Å². The molecule has 0 amide bonds. The fourth-order valence-electron chi connectivity index (χ4n) is 2.49. The van der Waals surface area contributed by atoms with E-state index in [9.17, 15) is 0 Å². The number of benzene rings is 1. The van der Waals surface area contributed by atoms with Gasteiger partial charge in [-0.1, -0.05) is 18.2 Å². The minimum atomic E-state index is -2.88. The lowest BCUT2D eigenvalue weighted by molar-refractivity contribution is 0.122.